The highest BCUT2D eigenvalue weighted by Crippen LogP contribution is 2.37. The zero-order valence-corrected chi connectivity index (χ0v) is 8.66. The standard InChI is InChI=1S/C11H16O3/c1-11(8-12)6-4-3-5-9(11)7-10(13)14-2/h3,5,8-9H,4,6-7H2,1-2H3. The zero-order chi connectivity index (χ0) is 10.6. The third-order valence-electron chi connectivity index (χ3n) is 2.95. The van der Waals surface area contributed by atoms with Crippen LogP contribution in [0.4, 0.5) is 0 Å². The van der Waals surface area contributed by atoms with Gasteiger partial charge in [-0.1, -0.05) is 19.1 Å². The van der Waals surface area contributed by atoms with Gasteiger partial charge in [0.2, 0.25) is 0 Å². The summed E-state index contributed by atoms with van der Waals surface area (Å²) in [5.41, 5.74) is -0.400. The van der Waals surface area contributed by atoms with Crippen LogP contribution in [-0.2, 0) is 14.3 Å². The summed E-state index contributed by atoms with van der Waals surface area (Å²) in [5.74, 6) is -0.268. The van der Waals surface area contributed by atoms with E-state index in [1.807, 2.05) is 19.1 Å². The molecule has 0 fully saturated rings. The molecule has 0 amide bonds. The Morgan fingerprint density at radius 3 is 3.00 bits per heavy atom. The molecule has 0 aromatic carbocycles. The van der Waals surface area contributed by atoms with Gasteiger partial charge in [0, 0.05) is 5.41 Å². The zero-order valence-electron chi connectivity index (χ0n) is 8.66. The molecule has 0 aromatic heterocycles. The van der Waals surface area contributed by atoms with Gasteiger partial charge in [0.15, 0.2) is 0 Å². The Balaban J connectivity index is 2.72. The second-order valence-corrected chi connectivity index (χ2v) is 3.98. The Kier molecular flexibility index (Phi) is 3.44. The lowest BCUT2D eigenvalue weighted by Gasteiger charge is -2.32. The number of carbonyl (C=O) groups excluding carboxylic acids is 2. The maximum Gasteiger partial charge on any atom is 0.306 e. The lowest BCUT2D eigenvalue weighted by molar-refractivity contribution is -0.142. The van der Waals surface area contributed by atoms with Gasteiger partial charge in [0.25, 0.3) is 0 Å². The van der Waals surface area contributed by atoms with Crippen molar-refractivity contribution in [3.05, 3.63) is 12.2 Å². The molecule has 1 rings (SSSR count). The van der Waals surface area contributed by atoms with Crippen LogP contribution >= 0.6 is 0 Å². The van der Waals surface area contributed by atoms with Crippen LogP contribution in [0.15, 0.2) is 12.2 Å². The first-order valence-corrected chi connectivity index (χ1v) is 4.82. The van der Waals surface area contributed by atoms with E-state index < -0.39 is 5.41 Å². The summed E-state index contributed by atoms with van der Waals surface area (Å²) in [4.78, 5) is 22.1. The fourth-order valence-electron chi connectivity index (χ4n) is 1.77. The van der Waals surface area contributed by atoms with Crippen molar-refractivity contribution in [2.24, 2.45) is 11.3 Å². The van der Waals surface area contributed by atoms with Crippen LogP contribution in [0, 0.1) is 11.3 Å². The van der Waals surface area contributed by atoms with Gasteiger partial charge in [0.05, 0.1) is 13.5 Å². The molecule has 2 unspecified atom stereocenters. The molecule has 1 aliphatic carbocycles. The molecule has 0 bridgehead atoms. The molecule has 0 heterocycles. The second kappa shape index (κ2) is 4.40. The van der Waals surface area contributed by atoms with E-state index in [-0.39, 0.29) is 11.9 Å². The van der Waals surface area contributed by atoms with Gasteiger partial charge in [-0.3, -0.25) is 4.79 Å². The number of hydrogen-bond acceptors (Lipinski definition) is 3. The lowest BCUT2D eigenvalue weighted by atomic mass is 9.70. The molecule has 0 spiro atoms. The number of methoxy groups -OCH3 is 1. The minimum absolute atomic E-state index is 0.0128. The first-order valence-electron chi connectivity index (χ1n) is 4.82. The number of aldehydes is 1. The van der Waals surface area contributed by atoms with Crippen LogP contribution in [-0.4, -0.2) is 19.4 Å². The number of carbonyl (C=O) groups is 2. The lowest BCUT2D eigenvalue weighted by Crippen LogP contribution is -2.31. The fraction of sp³-hybridized carbons (Fsp3) is 0.636. The molecular weight excluding hydrogens is 180 g/mol. The van der Waals surface area contributed by atoms with Gasteiger partial charge in [-0.15, -0.1) is 0 Å². The predicted octanol–water partition coefficient (Wildman–Crippen LogP) is 1.72. The number of ether oxygens (including phenoxy) is 1. The summed E-state index contributed by atoms with van der Waals surface area (Å²) in [6, 6.07) is 0. The topological polar surface area (TPSA) is 43.4 Å². The summed E-state index contributed by atoms with van der Waals surface area (Å²) in [7, 11) is 1.37. The van der Waals surface area contributed by atoms with Crippen molar-refractivity contribution in [1.29, 1.82) is 0 Å². The maximum absolute atomic E-state index is 11.1. The van der Waals surface area contributed by atoms with Crippen LogP contribution in [0.2, 0.25) is 0 Å². The highest BCUT2D eigenvalue weighted by Gasteiger charge is 2.35. The van der Waals surface area contributed by atoms with Gasteiger partial charge in [-0.25, -0.2) is 0 Å². The summed E-state index contributed by atoms with van der Waals surface area (Å²) in [6.07, 6.45) is 6.96. The quantitative estimate of drug-likeness (QED) is 0.392. The van der Waals surface area contributed by atoms with E-state index in [2.05, 4.69) is 4.74 Å². The van der Waals surface area contributed by atoms with Gasteiger partial charge in [0.1, 0.15) is 6.29 Å². The minimum atomic E-state index is -0.400. The average molecular weight is 196 g/mol. The largest absolute Gasteiger partial charge is 0.469 e. The summed E-state index contributed by atoms with van der Waals surface area (Å²) in [5, 5.41) is 0. The van der Waals surface area contributed by atoms with Crippen molar-refractivity contribution in [3.8, 4) is 0 Å². The summed E-state index contributed by atoms with van der Waals surface area (Å²) >= 11 is 0. The molecule has 14 heavy (non-hydrogen) atoms. The Hall–Kier alpha value is -1.12. The van der Waals surface area contributed by atoms with E-state index in [1.54, 1.807) is 0 Å². The van der Waals surface area contributed by atoms with Crippen molar-refractivity contribution in [2.75, 3.05) is 7.11 Å². The average Bonchev–Trinajstić information content (AvgIpc) is 2.21. The Morgan fingerprint density at radius 2 is 2.43 bits per heavy atom. The molecule has 0 saturated heterocycles. The molecule has 1 aliphatic rings. The number of hydrogen-bond donors (Lipinski definition) is 0. The van der Waals surface area contributed by atoms with Crippen molar-refractivity contribution in [3.63, 3.8) is 0 Å². The Morgan fingerprint density at radius 1 is 1.71 bits per heavy atom. The smallest absolute Gasteiger partial charge is 0.306 e. The van der Waals surface area contributed by atoms with E-state index in [0.29, 0.717) is 6.42 Å². The third-order valence-corrected chi connectivity index (χ3v) is 2.95. The van der Waals surface area contributed by atoms with E-state index in [4.69, 9.17) is 0 Å². The van der Waals surface area contributed by atoms with Crippen molar-refractivity contribution in [2.45, 2.75) is 26.2 Å². The minimum Gasteiger partial charge on any atom is -0.469 e. The van der Waals surface area contributed by atoms with Crippen LogP contribution in [0.3, 0.4) is 0 Å². The molecule has 0 N–H and O–H groups in total. The fourth-order valence-corrected chi connectivity index (χ4v) is 1.77. The Labute approximate surface area is 84.1 Å². The molecule has 0 saturated carbocycles. The SMILES string of the molecule is COC(=O)CC1C=CCCC1(C)C=O. The van der Waals surface area contributed by atoms with Gasteiger partial charge in [-0.2, -0.15) is 0 Å². The molecule has 0 radical (unpaired) electrons. The summed E-state index contributed by atoms with van der Waals surface area (Å²) in [6.45, 7) is 1.90. The molecule has 78 valence electrons. The van der Waals surface area contributed by atoms with Gasteiger partial charge in [-0.05, 0) is 18.8 Å². The Bertz CT molecular complexity index is 257. The van der Waals surface area contributed by atoms with E-state index >= 15 is 0 Å². The van der Waals surface area contributed by atoms with Crippen molar-refractivity contribution < 1.29 is 14.3 Å². The number of allylic oxidation sites excluding steroid dienone is 2. The monoisotopic (exact) mass is 196 g/mol. The van der Waals surface area contributed by atoms with Gasteiger partial charge >= 0.3 is 5.97 Å². The molecule has 3 heteroatoms. The first-order chi connectivity index (χ1) is 6.62. The molecule has 2 atom stereocenters. The van der Waals surface area contributed by atoms with Gasteiger partial charge < -0.3 is 9.53 Å². The highest BCUT2D eigenvalue weighted by molar-refractivity contribution is 5.71. The molecule has 0 aromatic rings. The normalized spacial score (nSPS) is 31.1. The van der Waals surface area contributed by atoms with E-state index in [9.17, 15) is 9.59 Å². The maximum atomic E-state index is 11.1. The van der Waals surface area contributed by atoms with E-state index in [1.165, 1.54) is 7.11 Å². The first kappa shape index (κ1) is 11.0. The van der Waals surface area contributed by atoms with Crippen molar-refractivity contribution >= 4 is 12.3 Å². The predicted molar refractivity (Wildman–Crippen MR) is 52.7 cm³/mol. The highest BCUT2D eigenvalue weighted by atomic mass is 16.5. The third kappa shape index (κ3) is 2.22. The van der Waals surface area contributed by atoms with Crippen LogP contribution in [0.25, 0.3) is 0 Å². The van der Waals surface area contributed by atoms with Crippen molar-refractivity contribution in [1.82, 2.24) is 0 Å². The van der Waals surface area contributed by atoms with E-state index in [0.717, 1.165) is 19.1 Å². The molecule has 0 aliphatic heterocycles. The van der Waals surface area contributed by atoms with Crippen LogP contribution in [0.5, 0.6) is 0 Å². The summed E-state index contributed by atoms with van der Waals surface area (Å²) < 4.78 is 4.60. The number of esters is 1. The van der Waals surface area contributed by atoms with Crippen LogP contribution in [0.1, 0.15) is 26.2 Å². The molecular formula is C11H16O3. The number of rotatable bonds is 3. The van der Waals surface area contributed by atoms with Crippen LogP contribution < -0.4 is 0 Å². The second-order valence-electron chi connectivity index (χ2n) is 3.98. The molecule has 3 nitrogen and oxygen atoms in total.